The summed E-state index contributed by atoms with van der Waals surface area (Å²) in [7, 11) is 1.56. The number of nitrogens with one attached hydrogen (secondary N) is 1. The smallest absolute Gasteiger partial charge is 0.257 e. The Labute approximate surface area is 149 Å². The minimum Gasteiger partial charge on any atom is -0.495 e. The van der Waals surface area contributed by atoms with Gasteiger partial charge in [-0.05, 0) is 30.3 Å². The maximum absolute atomic E-state index is 12.9. The van der Waals surface area contributed by atoms with Gasteiger partial charge in [0.15, 0.2) is 0 Å². The fourth-order valence-corrected chi connectivity index (χ4v) is 2.77. The largest absolute Gasteiger partial charge is 0.495 e. The molecular weight excluding hydrogens is 330 g/mol. The molecule has 0 unspecified atom stereocenters. The Morgan fingerprint density at radius 1 is 1.08 bits per heavy atom. The van der Waals surface area contributed by atoms with Crippen LogP contribution in [0.1, 0.15) is 10.4 Å². The van der Waals surface area contributed by atoms with E-state index in [9.17, 15) is 4.79 Å². The van der Waals surface area contributed by atoms with Gasteiger partial charge in [-0.15, -0.1) is 10.2 Å². The van der Waals surface area contributed by atoms with E-state index in [-0.39, 0.29) is 5.91 Å². The standard InChI is InChI=1S/C19H15N5O2/c1-26-17-8-7-14(24-11-21-22-12-24)10-16(17)23-19(25)15-6-2-4-13-5-3-9-20-18(13)15/h2-12H,1H3,(H,23,25). The molecule has 0 spiro atoms. The quantitative estimate of drug-likeness (QED) is 0.615. The molecule has 7 heteroatoms. The summed E-state index contributed by atoms with van der Waals surface area (Å²) in [5.41, 5.74) is 2.51. The molecule has 7 nitrogen and oxygen atoms in total. The van der Waals surface area contributed by atoms with E-state index in [1.54, 1.807) is 48.7 Å². The highest BCUT2D eigenvalue weighted by molar-refractivity contribution is 6.12. The number of para-hydroxylation sites is 1. The van der Waals surface area contributed by atoms with Gasteiger partial charge in [0.1, 0.15) is 18.4 Å². The van der Waals surface area contributed by atoms with Gasteiger partial charge < -0.3 is 10.1 Å². The van der Waals surface area contributed by atoms with E-state index in [0.29, 0.717) is 22.5 Å². The van der Waals surface area contributed by atoms with Crippen molar-refractivity contribution in [1.82, 2.24) is 19.7 Å². The first-order valence-electron chi connectivity index (χ1n) is 7.94. The van der Waals surface area contributed by atoms with Gasteiger partial charge in [-0.2, -0.15) is 0 Å². The minimum absolute atomic E-state index is 0.256. The first kappa shape index (κ1) is 15.8. The molecule has 4 rings (SSSR count). The van der Waals surface area contributed by atoms with Crippen LogP contribution >= 0.6 is 0 Å². The summed E-state index contributed by atoms with van der Waals surface area (Å²) >= 11 is 0. The average molecular weight is 345 g/mol. The molecule has 0 saturated heterocycles. The summed E-state index contributed by atoms with van der Waals surface area (Å²) in [5.74, 6) is 0.303. The number of amides is 1. The number of nitrogens with zero attached hydrogens (tertiary/aromatic N) is 4. The number of benzene rings is 2. The number of methoxy groups -OCH3 is 1. The summed E-state index contributed by atoms with van der Waals surface area (Å²) in [5, 5.41) is 11.4. The SMILES string of the molecule is COc1ccc(-n2cnnc2)cc1NC(=O)c1cccc2cccnc12. The highest BCUT2D eigenvalue weighted by Gasteiger charge is 2.14. The number of ether oxygens (including phenoxy) is 1. The van der Waals surface area contributed by atoms with E-state index in [1.807, 2.05) is 30.3 Å². The van der Waals surface area contributed by atoms with Crippen LogP contribution in [0, 0.1) is 0 Å². The first-order valence-corrected chi connectivity index (χ1v) is 7.94. The molecule has 4 aromatic rings. The number of hydrogen-bond acceptors (Lipinski definition) is 5. The Morgan fingerprint density at radius 3 is 2.69 bits per heavy atom. The second kappa shape index (κ2) is 6.64. The molecule has 0 atom stereocenters. The zero-order chi connectivity index (χ0) is 17.9. The second-order valence-corrected chi connectivity index (χ2v) is 5.59. The number of anilines is 1. The molecule has 0 saturated carbocycles. The summed E-state index contributed by atoms with van der Waals surface area (Å²) in [6.07, 6.45) is 4.84. The van der Waals surface area contributed by atoms with Crippen molar-refractivity contribution < 1.29 is 9.53 Å². The van der Waals surface area contributed by atoms with E-state index < -0.39 is 0 Å². The minimum atomic E-state index is -0.256. The molecule has 26 heavy (non-hydrogen) atoms. The van der Waals surface area contributed by atoms with Crippen LogP contribution in [0.3, 0.4) is 0 Å². The zero-order valence-electron chi connectivity index (χ0n) is 14.0. The molecule has 0 aliphatic carbocycles. The number of fused-ring (bicyclic) bond motifs is 1. The van der Waals surface area contributed by atoms with Crippen LogP contribution in [0.25, 0.3) is 16.6 Å². The molecule has 2 heterocycles. The molecule has 1 N–H and O–H groups in total. The average Bonchev–Trinajstić information content (AvgIpc) is 3.22. The third kappa shape index (κ3) is 2.86. The Bertz CT molecular complexity index is 1070. The lowest BCUT2D eigenvalue weighted by molar-refractivity contribution is 0.102. The van der Waals surface area contributed by atoms with Crippen LogP contribution in [0.5, 0.6) is 5.75 Å². The maximum atomic E-state index is 12.9. The maximum Gasteiger partial charge on any atom is 0.257 e. The summed E-state index contributed by atoms with van der Waals surface area (Å²) < 4.78 is 7.12. The van der Waals surface area contributed by atoms with Gasteiger partial charge in [-0.25, -0.2) is 0 Å². The Kier molecular flexibility index (Phi) is 4.03. The van der Waals surface area contributed by atoms with E-state index in [0.717, 1.165) is 11.1 Å². The van der Waals surface area contributed by atoms with Crippen molar-refractivity contribution in [1.29, 1.82) is 0 Å². The lowest BCUT2D eigenvalue weighted by Gasteiger charge is -2.13. The molecule has 2 aromatic carbocycles. The summed E-state index contributed by atoms with van der Waals surface area (Å²) in [6, 6.07) is 14.7. The normalized spacial score (nSPS) is 10.7. The number of aromatic nitrogens is 4. The molecule has 1 amide bonds. The Morgan fingerprint density at radius 2 is 1.88 bits per heavy atom. The van der Waals surface area contributed by atoms with Crippen LogP contribution in [0.4, 0.5) is 5.69 Å². The van der Waals surface area contributed by atoms with Crippen molar-refractivity contribution in [2.24, 2.45) is 0 Å². The van der Waals surface area contributed by atoms with Crippen molar-refractivity contribution in [3.63, 3.8) is 0 Å². The number of carbonyl (C=O) groups is 1. The van der Waals surface area contributed by atoms with Crippen molar-refractivity contribution >= 4 is 22.5 Å². The molecule has 128 valence electrons. The van der Waals surface area contributed by atoms with E-state index in [2.05, 4.69) is 20.5 Å². The van der Waals surface area contributed by atoms with E-state index in [4.69, 9.17) is 4.74 Å². The van der Waals surface area contributed by atoms with Gasteiger partial charge >= 0.3 is 0 Å². The topological polar surface area (TPSA) is 81.9 Å². The Balaban J connectivity index is 1.72. The first-order chi connectivity index (χ1) is 12.8. The van der Waals surface area contributed by atoms with E-state index >= 15 is 0 Å². The van der Waals surface area contributed by atoms with Crippen molar-refractivity contribution in [2.75, 3.05) is 12.4 Å². The highest BCUT2D eigenvalue weighted by Crippen LogP contribution is 2.28. The van der Waals surface area contributed by atoms with Crippen molar-refractivity contribution in [3.05, 3.63) is 72.9 Å². The summed E-state index contributed by atoms with van der Waals surface area (Å²) in [6.45, 7) is 0. The molecule has 0 aliphatic heterocycles. The van der Waals surface area contributed by atoms with Crippen molar-refractivity contribution in [3.8, 4) is 11.4 Å². The second-order valence-electron chi connectivity index (χ2n) is 5.59. The third-order valence-electron chi connectivity index (χ3n) is 4.03. The predicted molar refractivity (Wildman–Crippen MR) is 97.6 cm³/mol. The van der Waals surface area contributed by atoms with Crippen LogP contribution in [-0.4, -0.2) is 32.8 Å². The number of hydrogen-bond donors (Lipinski definition) is 1. The molecule has 0 radical (unpaired) electrons. The van der Waals surface area contributed by atoms with Crippen LogP contribution in [0.2, 0.25) is 0 Å². The third-order valence-corrected chi connectivity index (χ3v) is 4.03. The van der Waals surface area contributed by atoms with Gasteiger partial charge in [-0.3, -0.25) is 14.3 Å². The van der Waals surface area contributed by atoms with Gasteiger partial charge in [0.2, 0.25) is 0 Å². The molecule has 2 aromatic heterocycles. The van der Waals surface area contributed by atoms with Gasteiger partial charge in [-0.1, -0.05) is 18.2 Å². The highest BCUT2D eigenvalue weighted by atomic mass is 16.5. The Hall–Kier alpha value is -3.74. The number of rotatable bonds is 4. The zero-order valence-corrected chi connectivity index (χ0v) is 14.0. The monoisotopic (exact) mass is 345 g/mol. The molecular formula is C19H15N5O2. The lowest BCUT2D eigenvalue weighted by Crippen LogP contribution is -2.14. The fraction of sp³-hybridized carbons (Fsp3) is 0.0526. The van der Waals surface area contributed by atoms with Gasteiger partial charge in [0.25, 0.3) is 5.91 Å². The molecule has 0 bridgehead atoms. The van der Waals surface area contributed by atoms with Crippen LogP contribution in [0.15, 0.2) is 67.4 Å². The number of carbonyl (C=O) groups excluding carboxylic acids is 1. The fourth-order valence-electron chi connectivity index (χ4n) is 2.77. The summed E-state index contributed by atoms with van der Waals surface area (Å²) in [4.78, 5) is 17.2. The predicted octanol–water partition coefficient (Wildman–Crippen LogP) is 3.08. The van der Waals surface area contributed by atoms with Gasteiger partial charge in [0, 0.05) is 11.6 Å². The lowest BCUT2D eigenvalue weighted by atomic mass is 10.1. The van der Waals surface area contributed by atoms with Crippen molar-refractivity contribution in [2.45, 2.75) is 0 Å². The molecule has 0 fully saturated rings. The van der Waals surface area contributed by atoms with Crippen LogP contribution in [-0.2, 0) is 0 Å². The molecule has 0 aliphatic rings. The van der Waals surface area contributed by atoms with Gasteiger partial charge in [0.05, 0.1) is 29.6 Å². The van der Waals surface area contributed by atoms with E-state index in [1.165, 1.54) is 0 Å². The van der Waals surface area contributed by atoms with Crippen LogP contribution < -0.4 is 10.1 Å². The number of pyridine rings is 1.